The Morgan fingerprint density at radius 2 is 0.716 bits per heavy atom. The molecule has 0 amide bonds. The summed E-state index contributed by atoms with van der Waals surface area (Å²) in [6.45, 7) is 13.3. The summed E-state index contributed by atoms with van der Waals surface area (Å²) in [5.41, 5.74) is 8.33. The number of para-hydroxylation sites is 2. The van der Waals surface area contributed by atoms with Crippen molar-refractivity contribution in [3.63, 3.8) is 0 Å². The Hall–Kier alpha value is -8.37. The zero-order valence-corrected chi connectivity index (χ0v) is 38.1. The standard InChI is InChI=1S/C57H46N8O2/c1-56(2,3)35-23-25-59-53(27-35)63-47-13-9-7-11-41(47)43-19-15-37(29-49(43)63)66-39-17-21-45-46-22-18-40(32-52(46)65(51(45)31-39)55-61-33-58-34-62-55)67-38-16-20-44-42-12-8-10-14-48(42)64(50(44)30-38)54-28-36(24-26-60-54)57(4,5)6/h7-34H,1-6H3. The molecule has 0 aliphatic rings. The van der Waals surface area contributed by atoms with Crippen LogP contribution in [0.15, 0.2) is 171 Å². The average molecular weight is 875 g/mol. The van der Waals surface area contributed by atoms with Crippen molar-refractivity contribution >= 4 is 65.4 Å². The molecule has 6 aromatic carbocycles. The van der Waals surface area contributed by atoms with Crippen molar-refractivity contribution in [1.82, 2.24) is 38.6 Å². The number of hydrogen-bond donors (Lipinski definition) is 0. The van der Waals surface area contributed by atoms with Crippen molar-refractivity contribution in [2.75, 3.05) is 0 Å². The molecule has 0 N–H and O–H groups in total. The molecule has 0 saturated heterocycles. The van der Waals surface area contributed by atoms with E-state index in [-0.39, 0.29) is 10.8 Å². The molecule has 0 unspecified atom stereocenters. The molecule has 6 aromatic heterocycles. The Kier molecular flexibility index (Phi) is 9.05. The number of ether oxygens (including phenoxy) is 2. The minimum Gasteiger partial charge on any atom is -0.457 e. The molecule has 10 heteroatoms. The van der Waals surface area contributed by atoms with E-state index < -0.39 is 0 Å². The Bertz CT molecular complexity index is 3670. The van der Waals surface area contributed by atoms with Gasteiger partial charge in [-0.15, -0.1) is 0 Å². The summed E-state index contributed by atoms with van der Waals surface area (Å²) >= 11 is 0. The van der Waals surface area contributed by atoms with Gasteiger partial charge in [0.2, 0.25) is 5.95 Å². The molecular formula is C57H46N8O2. The molecular weight excluding hydrogens is 829 g/mol. The lowest BCUT2D eigenvalue weighted by Crippen LogP contribution is -2.12. The Balaban J connectivity index is 0.941. The number of nitrogens with zero attached hydrogens (tertiary/aromatic N) is 8. The Morgan fingerprint density at radius 3 is 1.10 bits per heavy atom. The summed E-state index contributed by atoms with van der Waals surface area (Å²) in [5.74, 6) is 4.96. The minimum absolute atomic E-state index is 0.0297. The fourth-order valence-corrected chi connectivity index (χ4v) is 9.48. The zero-order chi connectivity index (χ0) is 45.6. The third-order valence-corrected chi connectivity index (χ3v) is 12.8. The molecule has 12 aromatic rings. The van der Waals surface area contributed by atoms with Crippen LogP contribution in [-0.4, -0.2) is 38.6 Å². The molecule has 12 rings (SSSR count). The van der Waals surface area contributed by atoms with E-state index in [2.05, 4.69) is 175 Å². The van der Waals surface area contributed by atoms with Crippen LogP contribution in [0.1, 0.15) is 52.7 Å². The highest BCUT2D eigenvalue weighted by molar-refractivity contribution is 6.11. The summed E-state index contributed by atoms with van der Waals surface area (Å²) in [6, 6.07) is 50.4. The summed E-state index contributed by atoms with van der Waals surface area (Å²) in [7, 11) is 0. The van der Waals surface area contributed by atoms with Crippen LogP contribution in [0, 0.1) is 0 Å². The van der Waals surface area contributed by atoms with Gasteiger partial charge in [0.25, 0.3) is 0 Å². The van der Waals surface area contributed by atoms with E-state index in [4.69, 9.17) is 19.4 Å². The van der Waals surface area contributed by atoms with Gasteiger partial charge in [-0.3, -0.25) is 13.7 Å². The van der Waals surface area contributed by atoms with Crippen LogP contribution >= 0.6 is 0 Å². The molecule has 6 heterocycles. The predicted octanol–water partition coefficient (Wildman–Crippen LogP) is 14.1. The van der Waals surface area contributed by atoms with Crippen molar-refractivity contribution in [3.8, 4) is 40.6 Å². The van der Waals surface area contributed by atoms with Gasteiger partial charge < -0.3 is 9.47 Å². The molecule has 0 aliphatic heterocycles. The first-order valence-corrected chi connectivity index (χ1v) is 22.5. The van der Waals surface area contributed by atoms with Crippen molar-refractivity contribution in [2.24, 2.45) is 0 Å². The number of pyridine rings is 2. The van der Waals surface area contributed by atoms with E-state index in [9.17, 15) is 0 Å². The van der Waals surface area contributed by atoms with Crippen molar-refractivity contribution in [1.29, 1.82) is 0 Å². The second kappa shape index (κ2) is 15.1. The topological polar surface area (TPSA) is 97.7 Å². The highest BCUT2D eigenvalue weighted by Gasteiger charge is 2.22. The smallest absolute Gasteiger partial charge is 0.237 e. The molecule has 0 bridgehead atoms. The van der Waals surface area contributed by atoms with Crippen molar-refractivity contribution < 1.29 is 9.47 Å². The van der Waals surface area contributed by atoms with Gasteiger partial charge in [0, 0.05) is 69.0 Å². The van der Waals surface area contributed by atoms with E-state index in [1.807, 2.05) is 53.4 Å². The first-order chi connectivity index (χ1) is 32.5. The Morgan fingerprint density at radius 1 is 0.358 bits per heavy atom. The predicted molar refractivity (Wildman–Crippen MR) is 269 cm³/mol. The van der Waals surface area contributed by atoms with E-state index in [0.29, 0.717) is 28.9 Å². The minimum atomic E-state index is -0.0297. The fraction of sp³-hybridized carbons (Fsp3) is 0.140. The maximum absolute atomic E-state index is 6.74. The third-order valence-electron chi connectivity index (χ3n) is 12.8. The van der Waals surface area contributed by atoms with Crippen LogP contribution in [0.3, 0.4) is 0 Å². The molecule has 0 aliphatic carbocycles. The molecule has 0 spiro atoms. The third kappa shape index (κ3) is 6.83. The van der Waals surface area contributed by atoms with Gasteiger partial charge >= 0.3 is 0 Å². The summed E-state index contributed by atoms with van der Waals surface area (Å²) in [6.07, 6.45) is 6.83. The van der Waals surface area contributed by atoms with Gasteiger partial charge in [0.1, 0.15) is 47.3 Å². The van der Waals surface area contributed by atoms with Crippen LogP contribution in [0.25, 0.3) is 83.0 Å². The lowest BCUT2D eigenvalue weighted by molar-refractivity contribution is 0.484. The first-order valence-electron chi connectivity index (χ1n) is 22.5. The molecule has 10 nitrogen and oxygen atoms in total. The van der Waals surface area contributed by atoms with Crippen LogP contribution < -0.4 is 9.47 Å². The summed E-state index contributed by atoms with van der Waals surface area (Å²) < 4.78 is 20.0. The van der Waals surface area contributed by atoms with Crippen LogP contribution in [-0.2, 0) is 10.8 Å². The average Bonchev–Trinajstić information content (AvgIpc) is 3.96. The van der Waals surface area contributed by atoms with E-state index >= 15 is 0 Å². The normalized spacial score (nSPS) is 12.3. The highest BCUT2D eigenvalue weighted by Crippen LogP contribution is 2.41. The number of fused-ring (bicyclic) bond motifs is 9. The van der Waals surface area contributed by atoms with E-state index in [1.54, 1.807) is 0 Å². The molecule has 0 fully saturated rings. The number of rotatable bonds is 7. The summed E-state index contributed by atoms with van der Waals surface area (Å²) in [5, 5.41) is 6.60. The largest absolute Gasteiger partial charge is 0.457 e. The first kappa shape index (κ1) is 40.2. The lowest BCUT2D eigenvalue weighted by atomic mass is 9.88. The maximum atomic E-state index is 6.74. The SMILES string of the molecule is CC(C)(C)c1ccnc(-n2c3ccccc3c3ccc(Oc4ccc5c6ccc(Oc7ccc8c9ccccc9n(-c9cc(C(C)(C)C)ccn9)c8c7)cc6n(-c6ncncn6)c5c4)cc32)c1. The van der Waals surface area contributed by atoms with Gasteiger partial charge in [0.15, 0.2) is 0 Å². The monoisotopic (exact) mass is 874 g/mol. The maximum Gasteiger partial charge on any atom is 0.237 e. The van der Waals surface area contributed by atoms with Gasteiger partial charge in [-0.2, -0.15) is 0 Å². The van der Waals surface area contributed by atoms with Gasteiger partial charge in [-0.05, 0) is 107 Å². The molecule has 0 saturated carbocycles. The quantitative estimate of drug-likeness (QED) is 0.157. The lowest BCUT2D eigenvalue weighted by Gasteiger charge is -2.20. The van der Waals surface area contributed by atoms with Crippen LogP contribution in [0.5, 0.6) is 23.0 Å². The number of benzene rings is 6. The second-order valence-electron chi connectivity index (χ2n) is 19.2. The van der Waals surface area contributed by atoms with Gasteiger partial charge in [-0.1, -0.05) is 77.9 Å². The second-order valence-corrected chi connectivity index (χ2v) is 19.2. The molecule has 67 heavy (non-hydrogen) atoms. The highest BCUT2D eigenvalue weighted by atomic mass is 16.5. The molecule has 0 radical (unpaired) electrons. The van der Waals surface area contributed by atoms with Gasteiger partial charge in [-0.25, -0.2) is 24.9 Å². The van der Waals surface area contributed by atoms with E-state index in [0.717, 1.165) is 77.1 Å². The number of aromatic nitrogens is 8. The Labute approximate surface area is 386 Å². The molecule has 326 valence electrons. The van der Waals surface area contributed by atoms with Crippen molar-refractivity contribution in [2.45, 2.75) is 52.4 Å². The van der Waals surface area contributed by atoms with Crippen molar-refractivity contribution in [3.05, 3.63) is 182 Å². The summed E-state index contributed by atoms with van der Waals surface area (Å²) in [4.78, 5) is 23.1. The fourth-order valence-electron chi connectivity index (χ4n) is 9.48. The van der Waals surface area contributed by atoms with E-state index in [1.165, 1.54) is 23.8 Å². The van der Waals surface area contributed by atoms with Crippen LogP contribution in [0.2, 0.25) is 0 Å². The van der Waals surface area contributed by atoms with Crippen LogP contribution in [0.4, 0.5) is 0 Å². The molecule has 0 atom stereocenters. The van der Waals surface area contributed by atoms with Gasteiger partial charge in [0.05, 0.1) is 33.1 Å². The number of hydrogen-bond acceptors (Lipinski definition) is 7. The zero-order valence-electron chi connectivity index (χ0n) is 38.1.